The molecule has 0 bridgehead atoms. The van der Waals surface area contributed by atoms with Gasteiger partial charge in [0.1, 0.15) is 24.7 Å². The summed E-state index contributed by atoms with van der Waals surface area (Å²) in [5.41, 5.74) is 0. The van der Waals surface area contributed by atoms with Crippen molar-refractivity contribution in [3.05, 3.63) is 49.1 Å². The van der Waals surface area contributed by atoms with E-state index in [4.69, 9.17) is 23.7 Å². The van der Waals surface area contributed by atoms with Crippen LogP contribution in [0.4, 0.5) is 0 Å². The van der Waals surface area contributed by atoms with Gasteiger partial charge in [-0.25, -0.2) is 4.79 Å². The molecule has 146 valence electrons. The molecule has 0 spiro atoms. The Morgan fingerprint density at radius 3 is 2.00 bits per heavy atom. The van der Waals surface area contributed by atoms with Crippen molar-refractivity contribution in [2.75, 3.05) is 46.2 Å². The average Bonchev–Trinajstić information content (AvgIpc) is 2.69. The second-order valence-electron chi connectivity index (χ2n) is 5.49. The molecule has 0 aliphatic rings. The van der Waals surface area contributed by atoms with Gasteiger partial charge in [0.2, 0.25) is 0 Å². The third-order valence-electron chi connectivity index (χ3n) is 3.64. The van der Waals surface area contributed by atoms with Crippen molar-refractivity contribution in [3.8, 4) is 11.5 Å². The molecule has 0 heterocycles. The summed E-state index contributed by atoms with van der Waals surface area (Å²) in [7, 11) is 0. The minimum atomic E-state index is -0.450. The molecular formula is C21H26O6. The SMILES string of the molecule is C=CC(=O)OCCOCCOCCOc1cccc2c(OCC)cccc12. The second kappa shape index (κ2) is 11.9. The van der Waals surface area contributed by atoms with E-state index >= 15 is 0 Å². The number of hydrogen-bond acceptors (Lipinski definition) is 6. The number of carbonyl (C=O) groups is 1. The molecule has 6 nitrogen and oxygen atoms in total. The van der Waals surface area contributed by atoms with Crippen LogP contribution >= 0.6 is 0 Å². The topological polar surface area (TPSA) is 63.2 Å². The normalized spacial score (nSPS) is 10.6. The quantitative estimate of drug-likeness (QED) is 0.304. The van der Waals surface area contributed by atoms with E-state index in [0.717, 1.165) is 28.3 Å². The molecule has 0 aliphatic carbocycles. The summed E-state index contributed by atoms with van der Waals surface area (Å²) in [5.74, 6) is 1.21. The first kappa shape index (κ1) is 20.7. The lowest BCUT2D eigenvalue weighted by atomic mass is 10.1. The van der Waals surface area contributed by atoms with Gasteiger partial charge in [0.25, 0.3) is 0 Å². The molecule has 0 fully saturated rings. The molecule has 2 aromatic rings. The largest absolute Gasteiger partial charge is 0.493 e. The molecule has 0 atom stereocenters. The van der Waals surface area contributed by atoms with E-state index in [9.17, 15) is 4.79 Å². The van der Waals surface area contributed by atoms with Crippen LogP contribution in [-0.4, -0.2) is 52.2 Å². The maximum Gasteiger partial charge on any atom is 0.330 e. The van der Waals surface area contributed by atoms with E-state index in [1.54, 1.807) is 0 Å². The molecule has 6 heteroatoms. The Kier molecular flexibility index (Phi) is 9.17. The Morgan fingerprint density at radius 2 is 1.41 bits per heavy atom. The molecule has 2 rings (SSSR count). The van der Waals surface area contributed by atoms with Crippen LogP contribution in [0.5, 0.6) is 11.5 Å². The van der Waals surface area contributed by atoms with Crippen LogP contribution < -0.4 is 9.47 Å². The fraction of sp³-hybridized carbons (Fsp3) is 0.381. The predicted octanol–water partition coefficient (Wildman–Crippen LogP) is 3.38. The zero-order valence-electron chi connectivity index (χ0n) is 15.6. The molecule has 27 heavy (non-hydrogen) atoms. The van der Waals surface area contributed by atoms with Crippen LogP contribution in [0.3, 0.4) is 0 Å². The lowest BCUT2D eigenvalue weighted by Gasteiger charge is -2.12. The van der Waals surface area contributed by atoms with Crippen molar-refractivity contribution < 1.29 is 28.5 Å². The Labute approximate surface area is 159 Å². The summed E-state index contributed by atoms with van der Waals surface area (Å²) in [6, 6.07) is 11.8. The van der Waals surface area contributed by atoms with Crippen LogP contribution in [0.1, 0.15) is 6.92 Å². The number of carbonyl (C=O) groups excluding carboxylic acids is 1. The first-order valence-electron chi connectivity index (χ1n) is 8.98. The molecule has 0 unspecified atom stereocenters. The maximum absolute atomic E-state index is 10.8. The molecule has 0 saturated carbocycles. The van der Waals surface area contributed by atoms with Gasteiger partial charge >= 0.3 is 5.97 Å². The van der Waals surface area contributed by atoms with E-state index in [0.29, 0.717) is 39.6 Å². The summed E-state index contributed by atoms with van der Waals surface area (Å²) in [5, 5.41) is 2.05. The minimum absolute atomic E-state index is 0.207. The van der Waals surface area contributed by atoms with Gasteiger partial charge in [-0.05, 0) is 19.1 Å². The molecule has 2 aromatic carbocycles. The van der Waals surface area contributed by atoms with E-state index in [2.05, 4.69) is 6.58 Å². The third-order valence-corrected chi connectivity index (χ3v) is 3.64. The van der Waals surface area contributed by atoms with Crippen LogP contribution in [0, 0.1) is 0 Å². The molecule has 0 N–H and O–H groups in total. The molecule has 0 amide bonds. The van der Waals surface area contributed by atoms with Crippen LogP contribution in [-0.2, 0) is 19.0 Å². The van der Waals surface area contributed by atoms with Gasteiger partial charge in [0.05, 0.1) is 33.0 Å². The van der Waals surface area contributed by atoms with E-state index in [-0.39, 0.29) is 6.61 Å². The lowest BCUT2D eigenvalue weighted by molar-refractivity contribution is -0.139. The van der Waals surface area contributed by atoms with E-state index in [1.807, 2.05) is 43.3 Å². The van der Waals surface area contributed by atoms with E-state index < -0.39 is 5.97 Å². The molecule has 0 saturated heterocycles. The van der Waals surface area contributed by atoms with Crippen molar-refractivity contribution in [3.63, 3.8) is 0 Å². The maximum atomic E-state index is 10.8. The standard InChI is InChI=1S/C21H26O6/c1-3-21(22)27-16-14-24-12-11-23-13-15-26-20-10-6-7-17-18(20)8-5-9-19(17)25-4-2/h3,5-10H,1,4,11-16H2,2H3. The molecule has 0 aliphatic heterocycles. The molecule has 0 radical (unpaired) electrons. The van der Waals surface area contributed by atoms with Gasteiger partial charge < -0.3 is 23.7 Å². The van der Waals surface area contributed by atoms with Crippen molar-refractivity contribution in [1.29, 1.82) is 0 Å². The number of fused-ring (bicyclic) bond motifs is 1. The Balaban J connectivity index is 1.65. The number of esters is 1. The predicted molar refractivity (Wildman–Crippen MR) is 103 cm³/mol. The van der Waals surface area contributed by atoms with Gasteiger partial charge in [0.15, 0.2) is 0 Å². The summed E-state index contributed by atoms with van der Waals surface area (Å²) in [6.07, 6.45) is 1.12. The lowest BCUT2D eigenvalue weighted by Crippen LogP contribution is -2.13. The number of hydrogen-bond donors (Lipinski definition) is 0. The number of ether oxygens (including phenoxy) is 5. The number of rotatable bonds is 13. The Hall–Kier alpha value is -2.57. The fourth-order valence-corrected chi connectivity index (χ4v) is 2.45. The Morgan fingerprint density at radius 1 is 0.852 bits per heavy atom. The monoisotopic (exact) mass is 374 g/mol. The second-order valence-corrected chi connectivity index (χ2v) is 5.49. The summed E-state index contributed by atoms with van der Waals surface area (Å²) in [6.45, 7) is 8.21. The van der Waals surface area contributed by atoms with Crippen molar-refractivity contribution in [1.82, 2.24) is 0 Å². The van der Waals surface area contributed by atoms with Gasteiger partial charge in [-0.3, -0.25) is 0 Å². The molecular weight excluding hydrogens is 348 g/mol. The summed E-state index contributed by atoms with van der Waals surface area (Å²) in [4.78, 5) is 10.8. The van der Waals surface area contributed by atoms with Crippen LogP contribution in [0.15, 0.2) is 49.1 Å². The van der Waals surface area contributed by atoms with Gasteiger partial charge in [0, 0.05) is 16.8 Å². The van der Waals surface area contributed by atoms with E-state index in [1.165, 1.54) is 0 Å². The highest BCUT2D eigenvalue weighted by molar-refractivity contribution is 5.93. The summed E-state index contributed by atoms with van der Waals surface area (Å²) < 4.78 is 27.1. The van der Waals surface area contributed by atoms with Crippen molar-refractivity contribution in [2.24, 2.45) is 0 Å². The third kappa shape index (κ3) is 6.92. The zero-order valence-corrected chi connectivity index (χ0v) is 15.6. The van der Waals surface area contributed by atoms with Crippen LogP contribution in [0.2, 0.25) is 0 Å². The zero-order chi connectivity index (χ0) is 19.3. The summed E-state index contributed by atoms with van der Waals surface area (Å²) >= 11 is 0. The highest BCUT2D eigenvalue weighted by Crippen LogP contribution is 2.32. The Bertz CT molecular complexity index is 728. The average molecular weight is 374 g/mol. The highest BCUT2D eigenvalue weighted by Gasteiger charge is 2.06. The smallest absolute Gasteiger partial charge is 0.330 e. The van der Waals surface area contributed by atoms with Crippen molar-refractivity contribution in [2.45, 2.75) is 6.92 Å². The molecule has 0 aromatic heterocycles. The first-order chi connectivity index (χ1) is 13.3. The fourth-order valence-electron chi connectivity index (χ4n) is 2.45. The highest BCUT2D eigenvalue weighted by atomic mass is 16.6. The van der Waals surface area contributed by atoms with Gasteiger partial charge in [-0.2, -0.15) is 0 Å². The van der Waals surface area contributed by atoms with Crippen LogP contribution in [0.25, 0.3) is 10.8 Å². The number of benzene rings is 2. The minimum Gasteiger partial charge on any atom is -0.493 e. The van der Waals surface area contributed by atoms with Gasteiger partial charge in [-0.1, -0.05) is 30.8 Å². The van der Waals surface area contributed by atoms with Crippen molar-refractivity contribution >= 4 is 16.7 Å². The first-order valence-corrected chi connectivity index (χ1v) is 8.98. The van der Waals surface area contributed by atoms with Gasteiger partial charge in [-0.15, -0.1) is 0 Å².